The maximum absolute atomic E-state index is 12.6. The molecule has 1 aliphatic rings. The Labute approximate surface area is 156 Å². The van der Waals surface area contributed by atoms with Gasteiger partial charge in [-0.05, 0) is 36.6 Å². The summed E-state index contributed by atoms with van der Waals surface area (Å²) in [5.41, 5.74) is 1.74. The molecule has 0 N–H and O–H groups in total. The summed E-state index contributed by atoms with van der Waals surface area (Å²) in [7, 11) is 1.63. The highest BCUT2D eigenvalue weighted by molar-refractivity contribution is 5.79. The highest BCUT2D eigenvalue weighted by atomic mass is 16.5. The molecule has 0 aliphatic carbocycles. The van der Waals surface area contributed by atoms with E-state index in [0.717, 1.165) is 29.7 Å². The molecule has 0 saturated carbocycles. The van der Waals surface area contributed by atoms with Gasteiger partial charge in [0.05, 0.1) is 25.4 Å². The van der Waals surface area contributed by atoms with Crippen molar-refractivity contribution in [1.29, 1.82) is 0 Å². The Hall–Kier alpha value is -3.09. The minimum absolute atomic E-state index is 0.131. The molecule has 4 rings (SSSR count). The molecule has 1 aromatic carbocycles. The first kappa shape index (κ1) is 17.3. The van der Waals surface area contributed by atoms with Crippen molar-refractivity contribution in [3.63, 3.8) is 0 Å². The molecule has 0 bridgehead atoms. The van der Waals surface area contributed by atoms with Crippen LogP contribution in [0.2, 0.25) is 0 Å². The van der Waals surface area contributed by atoms with Gasteiger partial charge in [-0.2, -0.15) is 0 Å². The van der Waals surface area contributed by atoms with Gasteiger partial charge in [0.25, 0.3) is 5.89 Å². The summed E-state index contributed by atoms with van der Waals surface area (Å²) in [5, 5.41) is 8.27. The van der Waals surface area contributed by atoms with Gasteiger partial charge in [0.2, 0.25) is 11.8 Å². The molecule has 3 heterocycles. The molecule has 0 radical (unpaired) electrons. The minimum Gasteiger partial charge on any atom is -0.497 e. The van der Waals surface area contributed by atoms with Gasteiger partial charge >= 0.3 is 0 Å². The van der Waals surface area contributed by atoms with Crippen LogP contribution in [0.5, 0.6) is 5.75 Å². The van der Waals surface area contributed by atoms with Crippen LogP contribution in [0.3, 0.4) is 0 Å². The van der Waals surface area contributed by atoms with Crippen LogP contribution in [0, 0.1) is 0 Å². The summed E-state index contributed by atoms with van der Waals surface area (Å²) in [4.78, 5) is 14.5. The Morgan fingerprint density at radius 3 is 2.85 bits per heavy atom. The van der Waals surface area contributed by atoms with Crippen molar-refractivity contribution in [3.05, 3.63) is 54.3 Å². The van der Waals surface area contributed by atoms with Crippen molar-refractivity contribution in [1.82, 2.24) is 15.1 Å². The number of furan rings is 1. The summed E-state index contributed by atoms with van der Waals surface area (Å²) in [6, 6.07) is 9.42. The highest BCUT2D eigenvalue weighted by Gasteiger charge is 2.27. The Balaban J connectivity index is 1.34. The predicted molar refractivity (Wildman–Crippen MR) is 97.3 cm³/mol. The first-order chi connectivity index (χ1) is 13.2. The highest BCUT2D eigenvalue weighted by Crippen LogP contribution is 2.29. The van der Waals surface area contributed by atoms with Crippen LogP contribution < -0.4 is 4.74 Å². The summed E-state index contributed by atoms with van der Waals surface area (Å²) >= 11 is 0. The molecule has 1 fully saturated rings. The number of piperidine rings is 1. The summed E-state index contributed by atoms with van der Waals surface area (Å²) in [6.45, 7) is 1.38. The van der Waals surface area contributed by atoms with Crippen LogP contribution in [-0.2, 0) is 11.2 Å². The van der Waals surface area contributed by atoms with Crippen molar-refractivity contribution in [2.45, 2.75) is 25.2 Å². The number of rotatable bonds is 5. The zero-order chi connectivity index (χ0) is 18.6. The molecule has 1 amide bonds. The molecule has 1 saturated heterocycles. The standard InChI is InChI=1S/C20H21N3O4/c1-25-17-4-2-3-14(11-17)12-18(24)23-8-5-15(6-9-23)19-21-22-20(27-19)16-7-10-26-13-16/h2-4,7,10-11,13,15H,5-6,8-9,12H2,1H3. The lowest BCUT2D eigenvalue weighted by Crippen LogP contribution is -2.38. The smallest absolute Gasteiger partial charge is 0.250 e. The van der Waals surface area contributed by atoms with Crippen LogP contribution in [0.15, 0.2) is 51.7 Å². The van der Waals surface area contributed by atoms with E-state index in [2.05, 4.69) is 10.2 Å². The number of amides is 1. The van der Waals surface area contributed by atoms with Gasteiger partial charge in [-0.15, -0.1) is 10.2 Å². The third-order valence-corrected chi connectivity index (χ3v) is 4.90. The number of ether oxygens (including phenoxy) is 1. The fourth-order valence-electron chi connectivity index (χ4n) is 3.35. The molecule has 0 atom stereocenters. The zero-order valence-corrected chi connectivity index (χ0v) is 15.1. The number of likely N-dealkylation sites (tertiary alicyclic amines) is 1. The Kier molecular flexibility index (Phi) is 4.91. The lowest BCUT2D eigenvalue weighted by Gasteiger charge is -2.30. The van der Waals surface area contributed by atoms with Crippen molar-refractivity contribution in [2.75, 3.05) is 20.2 Å². The van der Waals surface area contributed by atoms with Crippen LogP contribution in [-0.4, -0.2) is 41.2 Å². The van der Waals surface area contributed by atoms with E-state index in [4.69, 9.17) is 13.6 Å². The lowest BCUT2D eigenvalue weighted by atomic mass is 9.96. The third kappa shape index (κ3) is 3.86. The minimum atomic E-state index is 0.131. The average Bonchev–Trinajstić information content (AvgIpc) is 3.40. The van der Waals surface area contributed by atoms with Gasteiger partial charge in [-0.25, -0.2) is 0 Å². The van der Waals surface area contributed by atoms with E-state index in [0.29, 0.717) is 31.3 Å². The molecule has 0 unspecified atom stereocenters. The van der Waals surface area contributed by atoms with E-state index in [1.165, 1.54) is 0 Å². The monoisotopic (exact) mass is 367 g/mol. The molecule has 7 heteroatoms. The van der Waals surface area contributed by atoms with E-state index in [-0.39, 0.29) is 11.8 Å². The van der Waals surface area contributed by atoms with E-state index in [1.54, 1.807) is 25.7 Å². The van der Waals surface area contributed by atoms with E-state index in [1.807, 2.05) is 29.2 Å². The van der Waals surface area contributed by atoms with E-state index in [9.17, 15) is 4.79 Å². The molecular weight excluding hydrogens is 346 g/mol. The van der Waals surface area contributed by atoms with Crippen LogP contribution in [0.4, 0.5) is 0 Å². The number of carbonyl (C=O) groups is 1. The van der Waals surface area contributed by atoms with Gasteiger partial charge in [0, 0.05) is 19.0 Å². The molecule has 140 valence electrons. The number of benzene rings is 1. The van der Waals surface area contributed by atoms with Crippen molar-refractivity contribution < 1.29 is 18.4 Å². The second kappa shape index (κ2) is 7.65. The molecule has 7 nitrogen and oxygen atoms in total. The van der Waals surface area contributed by atoms with Gasteiger partial charge in [0.15, 0.2) is 0 Å². The second-order valence-electron chi connectivity index (χ2n) is 6.64. The van der Waals surface area contributed by atoms with Crippen LogP contribution in [0.25, 0.3) is 11.5 Å². The van der Waals surface area contributed by atoms with Gasteiger partial charge < -0.3 is 18.5 Å². The maximum atomic E-state index is 12.6. The Bertz CT molecular complexity index is 896. The Morgan fingerprint density at radius 2 is 2.11 bits per heavy atom. The quantitative estimate of drug-likeness (QED) is 0.688. The molecule has 27 heavy (non-hydrogen) atoms. The SMILES string of the molecule is COc1cccc(CC(=O)N2CCC(c3nnc(-c4ccoc4)o3)CC2)c1. The van der Waals surface area contributed by atoms with Crippen molar-refractivity contribution in [2.24, 2.45) is 0 Å². The number of carbonyl (C=O) groups excluding carboxylic acids is 1. The van der Waals surface area contributed by atoms with E-state index < -0.39 is 0 Å². The number of aromatic nitrogens is 2. The van der Waals surface area contributed by atoms with Gasteiger partial charge in [0.1, 0.15) is 12.0 Å². The third-order valence-electron chi connectivity index (χ3n) is 4.90. The lowest BCUT2D eigenvalue weighted by molar-refractivity contribution is -0.131. The van der Waals surface area contributed by atoms with Crippen molar-refractivity contribution in [3.8, 4) is 17.2 Å². The maximum Gasteiger partial charge on any atom is 0.250 e. The number of methoxy groups -OCH3 is 1. The second-order valence-corrected chi connectivity index (χ2v) is 6.64. The first-order valence-electron chi connectivity index (χ1n) is 8.99. The number of hydrogen-bond acceptors (Lipinski definition) is 6. The zero-order valence-electron chi connectivity index (χ0n) is 15.1. The predicted octanol–water partition coefficient (Wildman–Crippen LogP) is 3.29. The number of hydrogen-bond donors (Lipinski definition) is 0. The molecule has 0 spiro atoms. The normalized spacial score (nSPS) is 15.1. The fraction of sp³-hybridized carbons (Fsp3) is 0.350. The molecular formula is C20H21N3O4. The average molecular weight is 367 g/mol. The summed E-state index contributed by atoms with van der Waals surface area (Å²) in [5.74, 6) is 2.18. The fourth-order valence-corrected chi connectivity index (χ4v) is 3.35. The first-order valence-corrected chi connectivity index (χ1v) is 8.99. The number of nitrogens with zero attached hydrogens (tertiary/aromatic N) is 3. The van der Waals surface area contributed by atoms with Crippen molar-refractivity contribution >= 4 is 5.91 Å². The van der Waals surface area contributed by atoms with Gasteiger partial charge in [-0.3, -0.25) is 4.79 Å². The van der Waals surface area contributed by atoms with Gasteiger partial charge in [-0.1, -0.05) is 12.1 Å². The van der Waals surface area contributed by atoms with Crippen LogP contribution in [0.1, 0.15) is 30.2 Å². The summed E-state index contributed by atoms with van der Waals surface area (Å²) in [6.07, 6.45) is 5.17. The largest absolute Gasteiger partial charge is 0.497 e. The molecule has 3 aromatic rings. The topological polar surface area (TPSA) is 81.6 Å². The van der Waals surface area contributed by atoms with E-state index >= 15 is 0 Å². The Morgan fingerprint density at radius 1 is 1.26 bits per heavy atom. The van der Waals surface area contributed by atoms with Crippen LogP contribution >= 0.6 is 0 Å². The molecule has 1 aliphatic heterocycles. The summed E-state index contributed by atoms with van der Waals surface area (Å²) < 4.78 is 16.1. The molecule has 2 aromatic heterocycles.